The molecule has 1 saturated heterocycles. The van der Waals surface area contributed by atoms with Crippen LogP contribution in [0, 0.1) is 41.1 Å². The molecule has 36 heavy (non-hydrogen) atoms. The minimum absolute atomic E-state index is 0.0370. The van der Waals surface area contributed by atoms with Gasteiger partial charge in [-0.05, 0) is 73.5 Å². The molecule has 2 heterocycles. The van der Waals surface area contributed by atoms with Gasteiger partial charge < -0.3 is 9.84 Å². The molecule has 0 unspecified atom stereocenters. The van der Waals surface area contributed by atoms with Crippen LogP contribution in [0.3, 0.4) is 0 Å². The first-order valence-electron chi connectivity index (χ1n) is 11.9. The van der Waals surface area contributed by atoms with E-state index < -0.39 is 23.6 Å². The van der Waals surface area contributed by atoms with Crippen molar-refractivity contribution >= 4 is 10.9 Å². The molecule has 4 rings (SSSR count). The average Bonchev–Trinajstić information content (AvgIpc) is 2.89. The number of hydrogen-bond donors (Lipinski definition) is 1. The largest absolute Gasteiger partial charge is 0.497 e. The van der Waals surface area contributed by atoms with E-state index in [2.05, 4.69) is 16.8 Å². The second-order valence-electron chi connectivity index (χ2n) is 9.11. The Hall–Kier alpha value is -3.15. The number of methoxy groups -OCH3 is 1. The fraction of sp³-hybridized carbons (Fsp3) is 0.393. The fourth-order valence-electron chi connectivity index (χ4n) is 4.84. The number of aliphatic hydroxyl groups is 1. The lowest BCUT2D eigenvalue weighted by atomic mass is 9.81. The molecule has 1 N–H and O–H groups in total. The highest BCUT2D eigenvalue weighted by atomic mass is 19.2. The number of aromatic nitrogens is 1. The molecule has 0 amide bonds. The van der Waals surface area contributed by atoms with Crippen molar-refractivity contribution in [2.24, 2.45) is 11.8 Å². The highest BCUT2D eigenvalue weighted by molar-refractivity contribution is 5.83. The van der Waals surface area contributed by atoms with Crippen LogP contribution in [0.2, 0.25) is 0 Å². The predicted molar refractivity (Wildman–Crippen MR) is 130 cm³/mol. The van der Waals surface area contributed by atoms with Gasteiger partial charge in [0.15, 0.2) is 11.6 Å². The summed E-state index contributed by atoms with van der Waals surface area (Å²) in [6, 6.07) is 8.44. The molecule has 0 aliphatic carbocycles. The molecule has 1 aliphatic heterocycles. The van der Waals surface area contributed by atoms with Crippen molar-refractivity contribution in [3.05, 3.63) is 71.2 Å². The molecule has 190 valence electrons. The minimum Gasteiger partial charge on any atom is -0.497 e. The third-order valence-electron chi connectivity index (χ3n) is 6.84. The van der Waals surface area contributed by atoms with Crippen LogP contribution in [0.15, 0.2) is 42.6 Å². The first-order valence-corrected chi connectivity index (χ1v) is 11.9. The van der Waals surface area contributed by atoms with Gasteiger partial charge in [0.2, 0.25) is 0 Å². The summed E-state index contributed by atoms with van der Waals surface area (Å²) in [4.78, 5) is 6.32. The van der Waals surface area contributed by atoms with Crippen LogP contribution in [0.4, 0.5) is 17.6 Å². The minimum atomic E-state index is -1.27. The van der Waals surface area contributed by atoms with Gasteiger partial charge in [-0.2, -0.15) is 0 Å². The van der Waals surface area contributed by atoms with E-state index in [9.17, 15) is 18.3 Å². The summed E-state index contributed by atoms with van der Waals surface area (Å²) in [7, 11) is 1.57. The van der Waals surface area contributed by atoms with Crippen molar-refractivity contribution < 1.29 is 27.4 Å². The van der Waals surface area contributed by atoms with Gasteiger partial charge in [-0.15, -0.1) is 0 Å². The van der Waals surface area contributed by atoms with Crippen molar-refractivity contribution in [2.45, 2.75) is 25.4 Å². The van der Waals surface area contributed by atoms with Gasteiger partial charge in [-0.1, -0.05) is 11.8 Å². The first-order chi connectivity index (χ1) is 17.4. The van der Waals surface area contributed by atoms with Crippen LogP contribution < -0.4 is 4.74 Å². The Morgan fingerprint density at radius 1 is 1.17 bits per heavy atom. The van der Waals surface area contributed by atoms with Crippen LogP contribution in [-0.2, 0) is 0 Å². The molecule has 3 aromatic rings. The van der Waals surface area contributed by atoms with E-state index in [4.69, 9.17) is 4.74 Å². The smallest absolute Gasteiger partial charge is 0.174 e. The van der Waals surface area contributed by atoms with Gasteiger partial charge >= 0.3 is 0 Å². The normalized spacial score (nSPS) is 19.1. The predicted octanol–water partition coefficient (Wildman–Crippen LogP) is 5.43. The third kappa shape index (κ3) is 5.97. The van der Waals surface area contributed by atoms with Crippen LogP contribution in [0.25, 0.3) is 10.9 Å². The highest BCUT2D eigenvalue weighted by Crippen LogP contribution is 2.35. The summed E-state index contributed by atoms with van der Waals surface area (Å²) in [5.74, 6) is 2.68. The zero-order valence-corrected chi connectivity index (χ0v) is 20.0. The molecule has 2 aromatic carbocycles. The van der Waals surface area contributed by atoms with Crippen molar-refractivity contribution in [2.75, 3.05) is 33.4 Å². The summed E-state index contributed by atoms with van der Waals surface area (Å²) >= 11 is 0. The number of alkyl halides is 1. The van der Waals surface area contributed by atoms with Crippen LogP contribution in [0.5, 0.6) is 5.75 Å². The topological polar surface area (TPSA) is 45.6 Å². The van der Waals surface area contributed by atoms with Crippen molar-refractivity contribution in [3.8, 4) is 17.6 Å². The van der Waals surface area contributed by atoms with E-state index in [1.165, 1.54) is 0 Å². The number of halogens is 4. The maximum Gasteiger partial charge on any atom is 0.174 e. The molecule has 1 fully saturated rings. The zero-order chi connectivity index (χ0) is 25.7. The van der Waals surface area contributed by atoms with Gasteiger partial charge in [-0.3, -0.25) is 9.88 Å². The number of nitrogens with zero attached hydrogens (tertiary/aromatic N) is 2. The lowest BCUT2D eigenvalue weighted by Gasteiger charge is -2.37. The molecule has 3 atom stereocenters. The lowest BCUT2D eigenvalue weighted by Crippen LogP contribution is -2.42. The Morgan fingerprint density at radius 3 is 2.78 bits per heavy atom. The monoisotopic (exact) mass is 500 g/mol. The molecule has 0 spiro atoms. The molecule has 1 aromatic heterocycles. The quantitative estimate of drug-likeness (QED) is 0.267. The van der Waals surface area contributed by atoms with Gasteiger partial charge in [0.05, 0.1) is 24.7 Å². The zero-order valence-electron chi connectivity index (χ0n) is 20.0. The standard InChI is InChI=1S/C28H28F4N2O2/c1-36-22-5-7-27-24(15-22)23(8-10-33-27)25(30)6-4-18-9-12-34(16-20(18)17-35)11-2-3-19-13-21(29)14-26(31)28(19)32/h5,7-8,10,13-15,18,20,25,35H,4,6,9,11-12,16-17H2,1H3/t18-,20-,25-/m1/s1. The third-order valence-corrected chi connectivity index (χ3v) is 6.84. The number of pyridine rings is 1. The SMILES string of the molecule is COc1ccc2nccc([C@H](F)CC[C@@H]3CCN(CC#Cc4cc(F)cc(F)c4F)C[C@@H]3CO)c2c1. The number of hydrogen-bond acceptors (Lipinski definition) is 4. The van der Waals surface area contributed by atoms with Crippen molar-refractivity contribution in [1.82, 2.24) is 9.88 Å². The summed E-state index contributed by atoms with van der Waals surface area (Å²) in [5.41, 5.74) is 0.962. The van der Waals surface area contributed by atoms with Crippen LogP contribution in [0.1, 0.15) is 36.6 Å². The van der Waals surface area contributed by atoms with E-state index >= 15 is 4.39 Å². The maximum absolute atomic E-state index is 15.3. The highest BCUT2D eigenvalue weighted by Gasteiger charge is 2.29. The van der Waals surface area contributed by atoms with Gasteiger partial charge in [-0.25, -0.2) is 17.6 Å². The molecule has 4 nitrogen and oxygen atoms in total. The van der Waals surface area contributed by atoms with Gasteiger partial charge in [0.25, 0.3) is 0 Å². The number of ether oxygens (including phenoxy) is 1. The van der Waals surface area contributed by atoms with E-state index in [1.54, 1.807) is 31.5 Å². The Bertz CT molecular complexity index is 1270. The molecular formula is C28H28F4N2O2. The molecule has 8 heteroatoms. The van der Waals surface area contributed by atoms with Crippen molar-refractivity contribution in [1.29, 1.82) is 0 Å². The number of aliphatic hydroxyl groups excluding tert-OH is 1. The Labute approximate surface area is 207 Å². The van der Waals surface area contributed by atoms with Gasteiger partial charge in [0, 0.05) is 30.8 Å². The maximum atomic E-state index is 15.3. The van der Waals surface area contributed by atoms with E-state index in [-0.39, 0.29) is 30.6 Å². The first kappa shape index (κ1) is 25.9. The lowest BCUT2D eigenvalue weighted by molar-refractivity contribution is 0.0708. The van der Waals surface area contributed by atoms with Crippen LogP contribution >= 0.6 is 0 Å². The van der Waals surface area contributed by atoms with E-state index in [0.29, 0.717) is 48.8 Å². The van der Waals surface area contributed by atoms with E-state index in [0.717, 1.165) is 17.9 Å². The number of piperidine rings is 1. The molecule has 0 bridgehead atoms. The fourth-order valence-corrected chi connectivity index (χ4v) is 4.84. The van der Waals surface area contributed by atoms with Crippen molar-refractivity contribution in [3.63, 3.8) is 0 Å². The molecule has 1 aliphatic rings. The Kier molecular flexibility index (Phi) is 8.44. The Morgan fingerprint density at radius 2 is 2.00 bits per heavy atom. The summed E-state index contributed by atoms with van der Waals surface area (Å²) in [6.45, 7) is 1.48. The summed E-state index contributed by atoms with van der Waals surface area (Å²) in [5, 5.41) is 10.7. The Balaban J connectivity index is 1.35. The van der Waals surface area contributed by atoms with E-state index in [1.807, 2.05) is 11.0 Å². The van der Waals surface area contributed by atoms with Gasteiger partial charge in [0.1, 0.15) is 17.7 Å². The average molecular weight is 501 g/mol. The molecular weight excluding hydrogens is 472 g/mol. The summed E-state index contributed by atoms with van der Waals surface area (Å²) in [6.07, 6.45) is 2.13. The molecule has 0 radical (unpaired) electrons. The number of benzene rings is 2. The number of likely N-dealkylation sites (tertiary alicyclic amines) is 1. The number of rotatable bonds is 7. The number of fused-ring (bicyclic) bond motifs is 1. The summed E-state index contributed by atoms with van der Waals surface area (Å²) < 4.78 is 61.1. The second-order valence-corrected chi connectivity index (χ2v) is 9.11. The second kappa shape index (κ2) is 11.7. The van der Waals surface area contributed by atoms with Crippen LogP contribution in [-0.4, -0.2) is 48.3 Å². The molecule has 0 saturated carbocycles.